The SMILES string of the molecule is COC(=O)c1ccc(OCCOC(F)(F)F)c(OC)c1.COc1cc(C(=O)O)ccc1OCCOC(F)(F)F.[Li+].[OH-]. The van der Waals surface area contributed by atoms with Crippen molar-refractivity contribution in [2.45, 2.75) is 12.7 Å². The Kier molecular flexibility index (Phi) is 18.3. The molecule has 0 amide bonds. The Bertz CT molecular complexity index is 1080. The van der Waals surface area contributed by atoms with Crippen LogP contribution < -0.4 is 37.8 Å². The molecule has 2 aromatic carbocycles. The molecule has 0 aliphatic heterocycles. The Morgan fingerprint density at radius 1 is 0.683 bits per heavy atom. The van der Waals surface area contributed by atoms with E-state index in [9.17, 15) is 35.9 Å². The van der Waals surface area contributed by atoms with E-state index in [1.807, 2.05) is 0 Å². The van der Waals surface area contributed by atoms with Gasteiger partial charge in [0.25, 0.3) is 0 Å². The number of carbonyl (C=O) groups excluding carboxylic acids is 1. The van der Waals surface area contributed by atoms with Crippen molar-refractivity contribution in [1.29, 1.82) is 0 Å². The van der Waals surface area contributed by atoms with Crippen molar-refractivity contribution < 1.29 is 98.5 Å². The molecule has 2 N–H and O–H groups in total. The van der Waals surface area contributed by atoms with E-state index in [2.05, 4.69) is 14.2 Å². The molecular formula is C23H25F6LiO11. The van der Waals surface area contributed by atoms with E-state index >= 15 is 0 Å². The van der Waals surface area contributed by atoms with Gasteiger partial charge in [-0.05, 0) is 36.4 Å². The summed E-state index contributed by atoms with van der Waals surface area (Å²) in [6.07, 6.45) is -9.40. The van der Waals surface area contributed by atoms with Crippen molar-refractivity contribution in [3.05, 3.63) is 47.5 Å². The molecule has 0 spiro atoms. The number of halogens is 6. The first-order valence-electron chi connectivity index (χ1n) is 10.6. The maximum Gasteiger partial charge on any atom is 1.00 e. The van der Waals surface area contributed by atoms with Gasteiger partial charge < -0.3 is 34.3 Å². The second-order valence-corrected chi connectivity index (χ2v) is 6.81. The third-order valence-electron chi connectivity index (χ3n) is 4.21. The summed E-state index contributed by atoms with van der Waals surface area (Å²) in [7, 11) is 3.86. The van der Waals surface area contributed by atoms with E-state index in [1.165, 1.54) is 57.7 Å². The first-order valence-corrected chi connectivity index (χ1v) is 10.6. The molecule has 0 heterocycles. The Labute approximate surface area is 241 Å². The molecule has 0 bridgehead atoms. The van der Waals surface area contributed by atoms with E-state index in [-0.39, 0.29) is 71.7 Å². The van der Waals surface area contributed by atoms with Gasteiger partial charge in [-0.25, -0.2) is 9.59 Å². The van der Waals surface area contributed by atoms with Gasteiger partial charge in [0.1, 0.15) is 13.2 Å². The van der Waals surface area contributed by atoms with E-state index in [0.29, 0.717) is 0 Å². The Morgan fingerprint density at radius 2 is 1.07 bits per heavy atom. The number of carboxylic acid groups (broad SMARTS) is 1. The van der Waals surface area contributed by atoms with Crippen molar-refractivity contribution in [2.75, 3.05) is 47.8 Å². The molecular weight excluding hydrogens is 573 g/mol. The van der Waals surface area contributed by atoms with E-state index in [1.54, 1.807) is 0 Å². The van der Waals surface area contributed by atoms with Crippen LogP contribution in [0.25, 0.3) is 0 Å². The number of ether oxygens (including phenoxy) is 7. The number of methoxy groups -OCH3 is 3. The van der Waals surface area contributed by atoms with Crippen molar-refractivity contribution in [1.82, 2.24) is 0 Å². The predicted octanol–water partition coefficient (Wildman–Crippen LogP) is 1.53. The maximum atomic E-state index is 11.8. The van der Waals surface area contributed by atoms with Gasteiger partial charge in [-0.2, -0.15) is 0 Å². The average molecular weight is 598 g/mol. The summed E-state index contributed by atoms with van der Waals surface area (Å²) in [5.74, 6) is -1.04. The van der Waals surface area contributed by atoms with Crippen LogP contribution in [-0.4, -0.2) is 83.0 Å². The quantitative estimate of drug-likeness (QED) is 0.164. The number of hydrogen-bond donors (Lipinski definition) is 1. The van der Waals surface area contributed by atoms with Crippen LogP contribution in [0.5, 0.6) is 23.0 Å². The predicted molar refractivity (Wildman–Crippen MR) is 121 cm³/mol. The summed E-state index contributed by atoms with van der Waals surface area (Å²) in [6, 6.07) is 7.95. The minimum Gasteiger partial charge on any atom is -0.870 e. The molecule has 0 radical (unpaired) electrons. The fourth-order valence-electron chi connectivity index (χ4n) is 2.57. The van der Waals surface area contributed by atoms with Gasteiger partial charge in [-0.3, -0.25) is 9.47 Å². The fraction of sp³-hybridized carbons (Fsp3) is 0.391. The molecule has 41 heavy (non-hydrogen) atoms. The molecule has 0 unspecified atom stereocenters. The summed E-state index contributed by atoms with van der Waals surface area (Å²) < 4.78 is 102. The fourth-order valence-corrected chi connectivity index (χ4v) is 2.57. The Morgan fingerprint density at radius 3 is 1.41 bits per heavy atom. The molecule has 2 rings (SSSR count). The number of carbonyl (C=O) groups is 2. The molecule has 0 atom stereocenters. The molecule has 11 nitrogen and oxygen atoms in total. The number of rotatable bonds is 12. The minimum absolute atomic E-state index is 0. The van der Waals surface area contributed by atoms with Crippen LogP contribution in [0.2, 0.25) is 0 Å². The number of benzene rings is 2. The zero-order chi connectivity index (χ0) is 29.6. The van der Waals surface area contributed by atoms with Gasteiger partial charge in [0, 0.05) is 0 Å². The third kappa shape index (κ3) is 15.9. The number of esters is 1. The van der Waals surface area contributed by atoms with Gasteiger partial charge in [0.15, 0.2) is 23.0 Å². The van der Waals surface area contributed by atoms with Gasteiger partial charge in [0.05, 0.1) is 45.7 Å². The minimum atomic E-state index is -4.71. The van der Waals surface area contributed by atoms with Crippen molar-refractivity contribution in [3.8, 4) is 23.0 Å². The molecule has 0 saturated heterocycles. The number of alkyl halides is 6. The Hall–Kier alpha value is -3.36. The zero-order valence-corrected chi connectivity index (χ0v) is 22.1. The van der Waals surface area contributed by atoms with Gasteiger partial charge in [-0.1, -0.05) is 0 Å². The molecule has 0 fully saturated rings. The van der Waals surface area contributed by atoms with Crippen LogP contribution in [0.3, 0.4) is 0 Å². The zero-order valence-electron chi connectivity index (χ0n) is 22.1. The van der Waals surface area contributed by atoms with E-state index in [0.717, 1.165) is 0 Å². The molecule has 18 heteroatoms. The second-order valence-electron chi connectivity index (χ2n) is 6.81. The summed E-state index contributed by atoms with van der Waals surface area (Å²) >= 11 is 0. The summed E-state index contributed by atoms with van der Waals surface area (Å²) in [5, 5.41) is 8.76. The summed E-state index contributed by atoms with van der Waals surface area (Å²) in [5.41, 5.74) is 0.221. The van der Waals surface area contributed by atoms with Gasteiger partial charge >= 0.3 is 43.5 Å². The maximum absolute atomic E-state index is 11.8. The van der Waals surface area contributed by atoms with Crippen LogP contribution in [0, 0.1) is 0 Å². The average Bonchev–Trinajstić information content (AvgIpc) is 2.87. The number of aromatic carboxylic acids is 1. The Balaban J connectivity index is 0. The van der Waals surface area contributed by atoms with E-state index in [4.69, 9.17) is 24.1 Å². The first kappa shape index (κ1) is 39.8. The molecule has 226 valence electrons. The molecule has 0 aromatic heterocycles. The van der Waals surface area contributed by atoms with Crippen LogP contribution in [0.1, 0.15) is 20.7 Å². The molecule has 2 aromatic rings. The van der Waals surface area contributed by atoms with Crippen LogP contribution in [0.4, 0.5) is 26.3 Å². The monoisotopic (exact) mass is 598 g/mol. The van der Waals surface area contributed by atoms with E-state index < -0.39 is 37.9 Å². The van der Waals surface area contributed by atoms with Crippen molar-refractivity contribution in [3.63, 3.8) is 0 Å². The molecule has 0 aliphatic carbocycles. The number of hydrogen-bond acceptors (Lipinski definition) is 10. The third-order valence-corrected chi connectivity index (χ3v) is 4.21. The number of carboxylic acids is 1. The van der Waals surface area contributed by atoms with Crippen LogP contribution >= 0.6 is 0 Å². The van der Waals surface area contributed by atoms with Crippen LogP contribution in [-0.2, 0) is 14.2 Å². The normalized spacial score (nSPS) is 10.6. The van der Waals surface area contributed by atoms with Gasteiger partial charge in [-0.15, -0.1) is 26.3 Å². The van der Waals surface area contributed by atoms with Crippen molar-refractivity contribution in [2.24, 2.45) is 0 Å². The first-order chi connectivity index (χ1) is 18.2. The summed E-state index contributed by atoms with van der Waals surface area (Å²) in [6.45, 7) is -1.98. The molecule has 0 aliphatic rings. The van der Waals surface area contributed by atoms with Gasteiger partial charge in [0.2, 0.25) is 0 Å². The molecule has 0 saturated carbocycles. The van der Waals surface area contributed by atoms with Crippen molar-refractivity contribution >= 4 is 11.9 Å². The largest absolute Gasteiger partial charge is 1.00 e. The standard InChI is InChI=1S/C12H13F3O5.C11H11F3O5.Li.H2O/c1-17-10-7-8(11(16)18-2)3-4-9(10)19-5-6-20-12(13,14)15;1-17-9-6-7(10(15)16)2-3-8(9)18-4-5-19-11(12,13)14;;/h3-4,7H,5-6H2,1-2H3;2-3,6H,4-5H2,1H3,(H,15,16);;1H2/q;;+1;/p-1. The topological polar surface area (TPSA) is 149 Å². The smallest absolute Gasteiger partial charge is 0.870 e. The second kappa shape index (κ2) is 18.9. The van der Waals surface area contributed by atoms with Crippen LogP contribution in [0.15, 0.2) is 36.4 Å². The summed E-state index contributed by atoms with van der Waals surface area (Å²) in [4.78, 5) is 22.0.